The van der Waals surface area contributed by atoms with Crippen LogP contribution in [0.25, 0.3) is 10.9 Å². The number of hydrogen-bond acceptors (Lipinski definition) is 2. The number of carbonyl (C=O) groups is 2. The highest BCUT2D eigenvalue weighted by atomic mass is 19.1. The summed E-state index contributed by atoms with van der Waals surface area (Å²) in [4.78, 5) is 24.0. The Kier molecular flexibility index (Phi) is 4.93. The van der Waals surface area contributed by atoms with Crippen LogP contribution in [0, 0.1) is 5.82 Å². The van der Waals surface area contributed by atoms with E-state index >= 15 is 0 Å². The van der Waals surface area contributed by atoms with Crippen molar-refractivity contribution in [2.45, 2.75) is 19.9 Å². The molecule has 1 N–H and O–H groups in total. The van der Waals surface area contributed by atoms with Gasteiger partial charge in [-0.25, -0.2) is 4.39 Å². The van der Waals surface area contributed by atoms with E-state index in [0.29, 0.717) is 18.5 Å². The fourth-order valence-corrected chi connectivity index (χ4v) is 2.87. The molecule has 3 rings (SSSR count). The fraction of sp³-hybridized carbons (Fsp3) is 0.200. The lowest BCUT2D eigenvalue weighted by Crippen LogP contribution is -2.29. The first-order chi connectivity index (χ1) is 12.0. The van der Waals surface area contributed by atoms with Gasteiger partial charge in [0.1, 0.15) is 12.4 Å². The maximum Gasteiger partial charge on any atom is 0.239 e. The maximum atomic E-state index is 12.9. The van der Waals surface area contributed by atoms with Crippen molar-refractivity contribution < 1.29 is 14.0 Å². The van der Waals surface area contributed by atoms with Crippen LogP contribution in [0.2, 0.25) is 0 Å². The Labute approximate surface area is 145 Å². The normalized spacial score (nSPS) is 10.8. The molecule has 0 fully saturated rings. The minimum atomic E-state index is -0.270. The Morgan fingerprint density at radius 2 is 1.80 bits per heavy atom. The van der Waals surface area contributed by atoms with Gasteiger partial charge in [0.2, 0.25) is 5.91 Å². The first kappa shape index (κ1) is 16.9. The SMILES string of the molecule is CC(=O)c1cn(CC(=O)NCCc2ccc(F)cc2)c2ccccc12. The zero-order valence-electron chi connectivity index (χ0n) is 14.0. The van der Waals surface area contributed by atoms with Crippen molar-refractivity contribution in [2.24, 2.45) is 0 Å². The fourth-order valence-electron chi connectivity index (χ4n) is 2.87. The number of rotatable bonds is 6. The lowest BCUT2D eigenvalue weighted by Gasteiger charge is -2.07. The molecule has 0 spiro atoms. The van der Waals surface area contributed by atoms with Crippen LogP contribution in [0.1, 0.15) is 22.8 Å². The van der Waals surface area contributed by atoms with Gasteiger partial charge in [0, 0.05) is 29.2 Å². The van der Waals surface area contributed by atoms with Crippen LogP contribution in [0.15, 0.2) is 54.7 Å². The van der Waals surface area contributed by atoms with Crippen LogP contribution >= 0.6 is 0 Å². The third-order valence-corrected chi connectivity index (χ3v) is 4.13. The molecule has 1 aromatic heterocycles. The lowest BCUT2D eigenvalue weighted by atomic mass is 10.1. The van der Waals surface area contributed by atoms with Gasteiger partial charge in [0.15, 0.2) is 5.78 Å². The van der Waals surface area contributed by atoms with Crippen LogP contribution in [0.3, 0.4) is 0 Å². The standard InChI is InChI=1S/C20H19FN2O2/c1-14(24)18-12-23(19-5-3-2-4-17(18)19)13-20(25)22-11-10-15-6-8-16(21)9-7-15/h2-9,12H,10-11,13H2,1H3,(H,22,25). The smallest absolute Gasteiger partial charge is 0.239 e. The third kappa shape index (κ3) is 3.94. The van der Waals surface area contributed by atoms with E-state index in [4.69, 9.17) is 0 Å². The summed E-state index contributed by atoms with van der Waals surface area (Å²) in [7, 11) is 0. The molecule has 3 aromatic rings. The zero-order valence-corrected chi connectivity index (χ0v) is 14.0. The van der Waals surface area contributed by atoms with E-state index in [9.17, 15) is 14.0 Å². The summed E-state index contributed by atoms with van der Waals surface area (Å²) >= 11 is 0. The number of Topliss-reactive ketones (excluding diaryl/α,β-unsaturated/α-hetero) is 1. The van der Waals surface area contributed by atoms with E-state index in [1.54, 1.807) is 22.9 Å². The van der Waals surface area contributed by atoms with Crippen molar-refractivity contribution >= 4 is 22.6 Å². The lowest BCUT2D eigenvalue weighted by molar-refractivity contribution is -0.121. The first-order valence-electron chi connectivity index (χ1n) is 8.14. The van der Waals surface area contributed by atoms with E-state index in [2.05, 4.69) is 5.32 Å². The quantitative estimate of drug-likeness (QED) is 0.701. The highest BCUT2D eigenvalue weighted by molar-refractivity contribution is 6.07. The molecule has 25 heavy (non-hydrogen) atoms. The molecule has 0 saturated heterocycles. The van der Waals surface area contributed by atoms with Gasteiger partial charge in [-0.15, -0.1) is 0 Å². The number of halogens is 1. The third-order valence-electron chi connectivity index (χ3n) is 4.13. The largest absolute Gasteiger partial charge is 0.354 e. The molecule has 5 heteroatoms. The summed E-state index contributed by atoms with van der Waals surface area (Å²) < 4.78 is 14.7. The van der Waals surface area contributed by atoms with Crippen molar-refractivity contribution in [1.29, 1.82) is 0 Å². The minimum Gasteiger partial charge on any atom is -0.354 e. The van der Waals surface area contributed by atoms with Gasteiger partial charge in [-0.3, -0.25) is 9.59 Å². The van der Waals surface area contributed by atoms with Crippen molar-refractivity contribution in [1.82, 2.24) is 9.88 Å². The number of nitrogens with zero attached hydrogens (tertiary/aromatic N) is 1. The highest BCUT2D eigenvalue weighted by Gasteiger charge is 2.13. The number of ketones is 1. The van der Waals surface area contributed by atoms with Gasteiger partial charge in [0.05, 0.1) is 0 Å². The number of hydrogen-bond donors (Lipinski definition) is 1. The molecule has 1 heterocycles. The van der Waals surface area contributed by atoms with Crippen LogP contribution in [-0.4, -0.2) is 22.8 Å². The number of fused-ring (bicyclic) bond motifs is 1. The van der Waals surface area contributed by atoms with E-state index in [1.807, 2.05) is 24.3 Å². The number of nitrogens with one attached hydrogen (secondary N) is 1. The Bertz CT molecular complexity index is 913. The Balaban J connectivity index is 1.64. The summed E-state index contributed by atoms with van der Waals surface area (Å²) in [5, 5.41) is 3.71. The summed E-state index contributed by atoms with van der Waals surface area (Å²) in [6.45, 7) is 2.15. The molecule has 0 saturated carbocycles. The molecule has 0 aliphatic heterocycles. The van der Waals surface area contributed by atoms with Gasteiger partial charge < -0.3 is 9.88 Å². The molecule has 128 valence electrons. The van der Waals surface area contributed by atoms with Gasteiger partial charge in [-0.05, 0) is 37.1 Å². The van der Waals surface area contributed by atoms with E-state index < -0.39 is 0 Å². The molecule has 0 unspecified atom stereocenters. The van der Waals surface area contributed by atoms with Gasteiger partial charge in [0.25, 0.3) is 0 Å². The molecule has 0 aliphatic rings. The summed E-state index contributed by atoms with van der Waals surface area (Å²) in [5.41, 5.74) is 2.45. The molecule has 0 bridgehead atoms. The van der Waals surface area contributed by atoms with Crippen LogP contribution in [-0.2, 0) is 17.8 Å². The number of amides is 1. The van der Waals surface area contributed by atoms with Crippen molar-refractivity contribution in [3.8, 4) is 0 Å². The molecule has 0 atom stereocenters. The average Bonchev–Trinajstić information content (AvgIpc) is 2.96. The van der Waals surface area contributed by atoms with Crippen LogP contribution in [0.5, 0.6) is 0 Å². The van der Waals surface area contributed by atoms with E-state index in [1.165, 1.54) is 19.1 Å². The molecule has 2 aromatic carbocycles. The second kappa shape index (κ2) is 7.30. The average molecular weight is 338 g/mol. The van der Waals surface area contributed by atoms with Crippen LogP contribution in [0.4, 0.5) is 4.39 Å². The number of benzene rings is 2. The van der Waals surface area contributed by atoms with E-state index in [0.717, 1.165) is 16.5 Å². The Morgan fingerprint density at radius 1 is 1.08 bits per heavy atom. The zero-order chi connectivity index (χ0) is 17.8. The Hall–Kier alpha value is -2.95. The second-order valence-corrected chi connectivity index (χ2v) is 5.97. The number of aromatic nitrogens is 1. The second-order valence-electron chi connectivity index (χ2n) is 5.97. The molecular formula is C20H19FN2O2. The van der Waals surface area contributed by atoms with Gasteiger partial charge in [-0.1, -0.05) is 30.3 Å². The monoisotopic (exact) mass is 338 g/mol. The number of carbonyl (C=O) groups excluding carboxylic acids is 2. The predicted molar refractivity (Wildman–Crippen MR) is 95.1 cm³/mol. The van der Waals surface area contributed by atoms with Gasteiger partial charge in [-0.2, -0.15) is 0 Å². The first-order valence-corrected chi connectivity index (χ1v) is 8.14. The van der Waals surface area contributed by atoms with Crippen molar-refractivity contribution in [3.63, 3.8) is 0 Å². The predicted octanol–water partition coefficient (Wildman–Crippen LogP) is 3.34. The van der Waals surface area contributed by atoms with E-state index in [-0.39, 0.29) is 24.1 Å². The van der Waals surface area contributed by atoms with Crippen molar-refractivity contribution in [3.05, 3.63) is 71.7 Å². The summed E-state index contributed by atoms with van der Waals surface area (Å²) in [6.07, 6.45) is 2.36. The van der Waals surface area contributed by atoms with Crippen molar-refractivity contribution in [2.75, 3.05) is 6.54 Å². The molecule has 4 nitrogen and oxygen atoms in total. The maximum absolute atomic E-state index is 12.9. The topological polar surface area (TPSA) is 51.1 Å². The highest BCUT2D eigenvalue weighted by Crippen LogP contribution is 2.21. The minimum absolute atomic E-state index is 0.0216. The molecule has 0 radical (unpaired) electrons. The Morgan fingerprint density at radius 3 is 2.52 bits per heavy atom. The van der Waals surface area contributed by atoms with Gasteiger partial charge >= 0.3 is 0 Å². The molecular weight excluding hydrogens is 319 g/mol. The number of para-hydroxylation sites is 1. The molecule has 1 amide bonds. The molecule has 0 aliphatic carbocycles. The summed E-state index contributed by atoms with van der Waals surface area (Å²) in [6, 6.07) is 13.8. The van der Waals surface area contributed by atoms with Crippen LogP contribution < -0.4 is 5.32 Å². The summed E-state index contributed by atoms with van der Waals surface area (Å²) in [5.74, 6) is -0.418.